The van der Waals surface area contributed by atoms with Crippen LogP contribution in [0.15, 0.2) is 99.5 Å². The van der Waals surface area contributed by atoms with Crippen molar-refractivity contribution < 1.29 is 9.47 Å². The highest BCUT2D eigenvalue weighted by molar-refractivity contribution is 7.99. The fourth-order valence-electron chi connectivity index (χ4n) is 3.38. The molecule has 0 fully saturated rings. The van der Waals surface area contributed by atoms with Crippen molar-refractivity contribution in [1.29, 1.82) is 0 Å². The van der Waals surface area contributed by atoms with Crippen molar-refractivity contribution in [1.82, 2.24) is 0 Å². The van der Waals surface area contributed by atoms with Crippen LogP contribution in [0, 0.1) is 13.8 Å². The third-order valence-electron chi connectivity index (χ3n) is 5.64. The van der Waals surface area contributed by atoms with Crippen LogP contribution in [0.3, 0.4) is 0 Å². The summed E-state index contributed by atoms with van der Waals surface area (Å²) >= 11 is 1.73. The van der Waals surface area contributed by atoms with Crippen LogP contribution in [0.5, 0.6) is 17.2 Å². The number of hydrogen-bond donors (Lipinski definition) is 0. The number of aryl methyl sites for hydroxylation is 2. The minimum atomic E-state index is 0.844. The third kappa shape index (κ3) is 5.62. The molecule has 0 spiro atoms. The van der Waals surface area contributed by atoms with Gasteiger partial charge in [-0.2, -0.15) is 0 Å². The number of benzene rings is 3. The number of hydrogen-bond acceptors (Lipinski definition) is 3. The number of rotatable bonds is 6. The molecular weight excluding hydrogens is 400 g/mol. The Morgan fingerprint density at radius 3 is 1.77 bits per heavy atom. The van der Waals surface area contributed by atoms with Crippen LogP contribution in [-0.2, 0) is 0 Å². The number of allylic oxidation sites excluding steroid dienone is 4. The van der Waals surface area contributed by atoms with Gasteiger partial charge in [0.1, 0.15) is 23.0 Å². The fraction of sp³-hybridized carbons (Fsp3) is 0.214. The lowest BCUT2D eigenvalue weighted by Crippen LogP contribution is -2.01. The van der Waals surface area contributed by atoms with Crippen molar-refractivity contribution in [3.05, 3.63) is 101 Å². The summed E-state index contributed by atoms with van der Waals surface area (Å²) in [7, 11) is 0. The van der Waals surface area contributed by atoms with Crippen molar-refractivity contribution in [3.63, 3.8) is 0 Å². The van der Waals surface area contributed by atoms with Gasteiger partial charge in [0.05, 0.1) is 0 Å². The van der Waals surface area contributed by atoms with E-state index in [1.807, 2.05) is 30.3 Å². The summed E-state index contributed by atoms with van der Waals surface area (Å²) < 4.78 is 12.1. The van der Waals surface area contributed by atoms with Crippen molar-refractivity contribution in [2.45, 2.75) is 50.3 Å². The lowest BCUT2D eigenvalue weighted by molar-refractivity contribution is 0.399. The molecule has 4 rings (SSSR count). The summed E-state index contributed by atoms with van der Waals surface area (Å²) in [6.07, 6.45) is 4.20. The standard InChI is InChI=1S/C28H28O2S/c1-19-5-7-25(17-21(19)3)29-23-9-13-27(14-10-23)31-28-15-11-24(12-16-28)30-26-8-6-20(2)22(4)18-26/h5,7,9-18H,6,8H2,1-4H3. The largest absolute Gasteiger partial charge is 0.462 e. The molecule has 0 heterocycles. The van der Waals surface area contributed by atoms with Crippen LogP contribution in [0.1, 0.15) is 37.8 Å². The fourth-order valence-corrected chi connectivity index (χ4v) is 4.19. The van der Waals surface area contributed by atoms with Gasteiger partial charge in [-0.25, -0.2) is 0 Å². The summed E-state index contributed by atoms with van der Waals surface area (Å²) in [6, 6.07) is 22.7. The smallest absolute Gasteiger partial charge is 0.127 e. The normalized spacial score (nSPS) is 13.7. The van der Waals surface area contributed by atoms with Gasteiger partial charge in [0, 0.05) is 16.2 Å². The van der Waals surface area contributed by atoms with Gasteiger partial charge in [-0.15, -0.1) is 0 Å². The van der Waals surface area contributed by atoms with Gasteiger partial charge in [-0.3, -0.25) is 0 Å². The maximum Gasteiger partial charge on any atom is 0.127 e. The predicted octanol–water partition coefficient (Wildman–Crippen LogP) is 8.64. The second-order valence-electron chi connectivity index (χ2n) is 8.07. The van der Waals surface area contributed by atoms with Crippen molar-refractivity contribution >= 4 is 11.8 Å². The van der Waals surface area contributed by atoms with Crippen LogP contribution in [0.25, 0.3) is 0 Å². The first-order valence-corrected chi connectivity index (χ1v) is 11.5. The molecule has 3 heteroatoms. The van der Waals surface area contributed by atoms with Gasteiger partial charge in [-0.1, -0.05) is 23.4 Å². The lowest BCUT2D eigenvalue weighted by atomic mass is 9.99. The first kappa shape index (κ1) is 21.3. The highest BCUT2D eigenvalue weighted by atomic mass is 32.2. The Labute approximate surface area is 189 Å². The summed E-state index contributed by atoms with van der Waals surface area (Å²) in [5, 5.41) is 0. The summed E-state index contributed by atoms with van der Waals surface area (Å²) in [4.78, 5) is 2.35. The molecule has 0 aliphatic heterocycles. The Bertz CT molecular complexity index is 1120. The van der Waals surface area contributed by atoms with Crippen molar-refractivity contribution in [3.8, 4) is 17.2 Å². The molecule has 1 aliphatic rings. The minimum Gasteiger partial charge on any atom is -0.462 e. The predicted molar refractivity (Wildman–Crippen MR) is 129 cm³/mol. The molecule has 31 heavy (non-hydrogen) atoms. The second-order valence-corrected chi connectivity index (χ2v) is 9.22. The summed E-state index contributed by atoms with van der Waals surface area (Å²) in [5.74, 6) is 3.65. The monoisotopic (exact) mass is 428 g/mol. The van der Waals surface area contributed by atoms with E-state index in [0.717, 1.165) is 35.8 Å². The van der Waals surface area contributed by atoms with E-state index in [1.54, 1.807) is 11.8 Å². The summed E-state index contributed by atoms with van der Waals surface area (Å²) in [6.45, 7) is 8.55. The van der Waals surface area contributed by atoms with Gasteiger partial charge >= 0.3 is 0 Å². The average Bonchev–Trinajstić information content (AvgIpc) is 2.76. The molecule has 0 unspecified atom stereocenters. The SMILES string of the molecule is CC1=C(C)CCC(Oc2ccc(Sc3ccc(Oc4ccc(C)c(C)c4)cc3)cc2)=C1. The minimum absolute atomic E-state index is 0.844. The zero-order chi connectivity index (χ0) is 21.8. The lowest BCUT2D eigenvalue weighted by Gasteiger charge is -2.16. The molecule has 2 nitrogen and oxygen atoms in total. The zero-order valence-electron chi connectivity index (χ0n) is 18.6. The van der Waals surface area contributed by atoms with Crippen molar-refractivity contribution in [2.75, 3.05) is 0 Å². The van der Waals surface area contributed by atoms with Crippen LogP contribution in [-0.4, -0.2) is 0 Å². The van der Waals surface area contributed by atoms with Crippen LogP contribution >= 0.6 is 11.8 Å². The highest BCUT2D eigenvalue weighted by Gasteiger charge is 2.09. The van der Waals surface area contributed by atoms with Gasteiger partial charge in [0.25, 0.3) is 0 Å². The molecule has 0 aromatic heterocycles. The molecule has 3 aromatic rings. The van der Waals surface area contributed by atoms with E-state index < -0.39 is 0 Å². The Hall–Kier alpha value is -2.91. The van der Waals surface area contributed by atoms with Crippen LogP contribution < -0.4 is 9.47 Å². The molecule has 3 aromatic carbocycles. The highest BCUT2D eigenvalue weighted by Crippen LogP contribution is 2.32. The van der Waals surface area contributed by atoms with E-state index in [-0.39, 0.29) is 0 Å². The summed E-state index contributed by atoms with van der Waals surface area (Å²) in [5.41, 5.74) is 5.27. The van der Waals surface area contributed by atoms with E-state index in [4.69, 9.17) is 9.47 Å². The Balaban J connectivity index is 1.36. The quantitative estimate of drug-likeness (QED) is 0.391. The van der Waals surface area contributed by atoms with Crippen LogP contribution in [0.4, 0.5) is 0 Å². The van der Waals surface area contributed by atoms with Crippen molar-refractivity contribution in [2.24, 2.45) is 0 Å². The molecule has 0 saturated heterocycles. The Morgan fingerprint density at radius 2 is 1.19 bits per heavy atom. The molecule has 0 radical (unpaired) electrons. The van der Waals surface area contributed by atoms with Crippen LogP contribution in [0.2, 0.25) is 0 Å². The zero-order valence-corrected chi connectivity index (χ0v) is 19.4. The van der Waals surface area contributed by atoms with E-state index in [0.29, 0.717) is 0 Å². The molecule has 0 bridgehead atoms. The average molecular weight is 429 g/mol. The van der Waals surface area contributed by atoms with Gasteiger partial charge in [-0.05, 0) is 118 Å². The Morgan fingerprint density at radius 1 is 0.613 bits per heavy atom. The van der Waals surface area contributed by atoms with E-state index in [2.05, 4.69) is 70.2 Å². The first-order chi connectivity index (χ1) is 15.0. The van der Waals surface area contributed by atoms with Gasteiger partial charge in [0.2, 0.25) is 0 Å². The van der Waals surface area contributed by atoms with E-state index >= 15 is 0 Å². The molecule has 158 valence electrons. The molecule has 0 amide bonds. The molecular formula is C28H28O2S. The topological polar surface area (TPSA) is 18.5 Å². The Kier molecular flexibility index (Phi) is 6.53. The second kappa shape index (κ2) is 9.49. The molecule has 0 atom stereocenters. The molecule has 0 N–H and O–H groups in total. The van der Waals surface area contributed by atoms with Gasteiger partial charge in [0.15, 0.2) is 0 Å². The third-order valence-corrected chi connectivity index (χ3v) is 6.66. The van der Waals surface area contributed by atoms with E-state index in [9.17, 15) is 0 Å². The molecule has 0 saturated carbocycles. The van der Waals surface area contributed by atoms with Gasteiger partial charge < -0.3 is 9.47 Å². The first-order valence-electron chi connectivity index (χ1n) is 10.6. The number of ether oxygens (including phenoxy) is 2. The van der Waals surface area contributed by atoms with E-state index in [1.165, 1.54) is 32.1 Å². The molecule has 1 aliphatic carbocycles. The maximum absolute atomic E-state index is 6.07. The maximum atomic E-state index is 6.07.